The molecule has 0 radical (unpaired) electrons. The highest BCUT2D eigenvalue weighted by Gasteiger charge is 2.17. The molecular weight excluding hydrogens is 449 g/mol. The van der Waals surface area contributed by atoms with E-state index in [-0.39, 0.29) is 5.13 Å². The summed E-state index contributed by atoms with van der Waals surface area (Å²) in [6.45, 7) is 3.74. The van der Waals surface area contributed by atoms with Gasteiger partial charge in [-0.15, -0.1) is 11.3 Å². The predicted octanol–water partition coefficient (Wildman–Crippen LogP) is 5.54. The Labute approximate surface area is 198 Å². The third-order valence-corrected chi connectivity index (χ3v) is 6.57. The molecule has 0 saturated carbocycles. The summed E-state index contributed by atoms with van der Waals surface area (Å²) in [4.78, 5) is 18.0. The van der Waals surface area contributed by atoms with E-state index in [0.717, 1.165) is 79.4 Å². The molecule has 0 aliphatic rings. The molecule has 0 saturated heterocycles. The topological polar surface area (TPSA) is 95.2 Å². The van der Waals surface area contributed by atoms with Gasteiger partial charge in [-0.05, 0) is 54.6 Å². The summed E-state index contributed by atoms with van der Waals surface area (Å²) >= 11 is 1.08. The molecule has 6 heterocycles. The van der Waals surface area contributed by atoms with Crippen LogP contribution in [0.15, 0.2) is 61.1 Å². The van der Waals surface area contributed by atoms with Crippen molar-refractivity contribution in [1.29, 1.82) is 0 Å². The van der Waals surface area contributed by atoms with E-state index in [0.29, 0.717) is 5.69 Å². The molecule has 0 fully saturated rings. The monoisotopic (exact) mass is 469 g/mol. The Morgan fingerprint density at radius 1 is 1.03 bits per heavy atom. The lowest BCUT2D eigenvalue weighted by atomic mass is 10.1. The van der Waals surface area contributed by atoms with E-state index >= 15 is 0 Å². The van der Waals surface area contributed by atoms with Crippen LogP contribution in [-0.2, 0) is 6.54 Å². The van der Waals surface area contributed by atoms with Gasteiger partial charge in [-0.3, -0.25) is 15.1 Å². The first kappa shape index (κ1) is 20.6. The number of H-pyrrole nitrogens is 2. The molecule has 0 amide bonds. The minimum absolute atomic E-state index is 0.233. The number of hydrogen-bond donors (Lipinski definition) is 3. The number of hydrogen-bond acceptors (Lipinski definition) is 6. The first-order valence-electron chi connectivity index (χ1n) is 10.9. The van der Waals surface area contributed by atoms with E-state index in [2.05, 4.69) is 43.5 Å². The fraction of sp³-hybridized carbons (Fsp3) is 0.120. The lowest BCUT2D eigenvalue weighted by Crippen LogP contribution is -2.11. The van der Waals surface area contributed by atoms with Gasteiger partial charge < -0.3 is 10.3 Å². The Hall–Kier alpha value is -3.95. The normalized spacial score (nSPS) is 11.6. The fourth-order valence-corrected chi connectivity index (χ4v) is 4.80. The molecular formula is C25H20FN7S. The maximum atomic E-state index is 13.6. The summed E-state index contributed by atoms with van der Waals surface area (Å²) in [6.07, 6.45) is 5.41. The Bertz CT molecular complexity index is 1630. The van der Waals surface area contributed by atoms with Crippen LogP contribution in [0.25, 0.3) is 55.2 Å². The number of pyridine rings is 3. The molecule has 6 rings (SSSR count). The number of fused-ring (bicyclic) bond motifs is 2. The van der Waals surface area contributed by atoms with Gasteiger partial charge in [-0.25, -0.2) is 4.98 Å². The minimum atomic E-state index is -0.233. The lowest BCUT2D eigenvalue weighted by Gasteiger charge is -2.05. The molecule has 6 aromatic rings. The van der Waals surface area contributed by atoms with Gasteiger partial charge in [-0.2, -0.15) is 9.49 Å². The average molecular weight is 470 g/mol. The molecule has 0 aliphatic carbocycles. The van der Waals surface area contributed by atoms with Gasteiger partial charge in [-0.1, -0.05) is 6.92 Å². The molecule has 0 unspecified atom stereocenters. The van der Waals surface area contributed by atoms with Crippen LogP contribution >= 0.6 is 11.3 Å². The summed E-state index contributed by atoms with van der Waals surface area (Å²) in [7, 11) is 0. The second-order valence-corrected chi connectivity index (χ2v) is 8.97. The van der Waals surface area contributed by atoms with E-state index in [4.69, 9.17) is 4.98 Å². The first-order chi connectivity index (χ1) is 16.7. The molecule has 34 heavy (non-hydrogen) atoms. The zero-order valence-electron chi connectivity index (χ0n) is 18.3. The van der Waals surface area contributed by atoms with Crippen molar-refractivity contribution in [3.63, 3.8) is 0 Å². The summed E-state index contributed by atoms with van der Waals surface area (Å²) in [5.74, 6) is 0. The van der Waals surface area contributed by atoms with Gasteiger partial charge >= 0.3 is 0 Å². The molecule has 0 aromatic carbocycles. The largest absolute Gasteiger partial charge is 0.353 e. The number of nitrogens with one attached hydrogen (secondary N) is 3. The van der Waals surface area contributed by atoms with Crippen LogP contribution < -0.4 is 5.32 Å². The van der Waals surface area contributed by atoms with Crippen molar-refractivity contribution < 1.29 is 4.39 Å². The van der Waals surface area contributed by atoms with Crippen molar-refractivity contribution in [2.24, 2.45) is 0 Å². The summed E-state index contributed by atoms with van der Waals surface area (Å²) in [5, 5.41) is 11.6. The second kappa shape index (κ2) is 8.44. The highest BCUT2D eigenvalue weighted by Crippen LogP contribution is 2.35. The average Bonchev–Trinajstić information content (AvgIpc) is 3.59. The summed E-state index contributed by atoms with van der Waals surface area (Å²) in [6, 6.07) is 13.2. The van der Waals surface area contributed by atoms with Gasteiger partial charge in [0.15, 0.2) is 5.13 Å². The van der Waals surface area contributed by atoms with Crippen molar-refractivity contribution >= 4 is 33.3 Å². The zero-order chi connectivity index (χ0) is 23.1. The third kappa shape index (κ3) is 3.64. The molecule has 0 spiro atoms. The number of thiophene rings is 1. The van der Waals surface area contributed by atoms with Crippen molar-refractivity contribution in [3.8, 4) is 33.2 Å². The van der Waals surface area contributed by atoms with Crippen LogP contribution in [0.4, 0.5) is 4.39 Å². The van der Waals surface area contributed by atoms with Crippen molar-refractivity contribution in [2.75, 3.05) is 6.54 Å². The maximum absolute atomic E-state index is 13.6. The number of aromatic amines is 2. The Morgan fingerprint density at radius 2 is 1.97 bits per heavy atom. The number of halogens is 1. The van der Waals surface area contributed by atoms with Gasteiger partial charge in [0, 0.05) is 41.6 Å². The van der Waals surface area contributed by atoms with Crippen LogP contribution in [0.3, 0.4) is 0 Å². The van der Waals surface area contributed by atoms with Crippen molar-refractivity contribution in [3.05, 3.63) is 71.7 Å². The van der Waals surface area contributed by atoms with Crippen LogP contribution in [-0.4, -0.2) is 36.7 Å². The number of aromatic nitrogens is 6. The predicted molar refractivity (Wildman–Crippen MR) is 133 cm³/mol. The van der Waals surface area contributed by atoms with Crippen LogP contribution in [0, 0.1) is 5.13 Å². The molecule has 0 atom stereocenters. The molecule has 9 heteroatoms. The smallest absolute Gasteiger partial charge is 0.177 e. The zero-order valence-corrected chi connectivity index (χ0v) is 19.1. The van der Waals surface area contributed by atoms with E-state index < -0.39 is 0 Å². The van der Waals surface area contributed by atoms with E-state index in [1.165, 1.54) is 6.07 Å². The Morgan fingerprint density at radius 3 is 2.82 bits per heavy atom. The molecule has 7 nitrogen and oxygen atoms in total. The SMILES string of the molecule is CCNCc1cncc(-c2ccc3[nH]nc(-c4cc5c(-c6ccc(F)s6)nccc5[nH]4)c3n2)c1. The summed E-state index contributed by atoms with van der Waals surface area (Å²) in [5.41, 5.74) is 7.66. The minimum Gasteiger partial charge on any atom is -0.353 e. The number of rotatable bonds is 6. The van der Waals surface area contributed by atoms with E-state index in [1.807, 2.05) is 36.7 Å². The third-order valence-electron chi connectivity index (χ3n) is 5.69. The van der Waals surface area contributed by atoms with Crippen molar-refractivity contribution in [2.45, 2.75) is 13.5 Å². The number of nitrogens with zero attached hydrogens (tertiary/aromatic N) is 4. The Kier molecular flexibility index (Phi) is 5.12. The highest BCUT2D eigenvalue weighted by molar-refractivity contribution is 7.13. The van der Waals surface area contributed by atoms with Crippen molar-refractivity contribution in [1.82, 2.24) is 35.5 Å². The first-order valence-corrected chi connectivity index (χ1v) is 11.7. The van der Waals surface area contributed by atoms with Crippen LogP contribution in [0.1, 0.15) is 12.5 Å². The molecule has 6 aromatic heterocycles. The summed E-state index contributed by atoms with van der Waals surface area (Å²) < 4.78 is 13.6. The highest BCUT2D eigenvalue weighted by atomic mass is 32.1. The fourth-order valence-electron chi connectivity index (χ4n) is 4.06. The van der Waals surface area contributed by atoms with E-state index in [9.17, 15) is 4.39 Å². The van der Waals surface area contributed by atoms with Gasteiger partial charge in [0.2, 0.25) is 0 Å². The quantitative estimate of drug-likeness (QED) is 0.298. The van der Waals surface area contributed by atoms with Gasteiger partial charge in [0.05, 0.1) is 27.5 Å². The molecule has 3 N–H and O–H groups in total. The standard InChI is InChI=1S/C25H20FN7S/c1-2-27-11-14-9-15(13-28-12-14)17-3-4-19-24(31-17)25(33-32-19)20-10-16-18(30-20)7-8-29-23(16)21-5-6-22(26)34-21/h3-10,12-13,27,30H,2,11H2,1H3,(H,32,33). The van der Waals surface area contributed by atoms with E-state index in [1.54, 1.807) is 12.3 Å². The molecule has 0 bridgehead atoms. The second-order valence-electron chi connectivity index (χ2n) is 7.93. The van der Waals surface area contributed by atoms with Crippen LogP contribution in [0.2, 0.25) is 0 Å². The lowest BCUT2D eigenvalue weighted by molar-refractivity contribution is 0.657. The van der Waals surface area contributed by atoms with Crippen LogP contribution in [0.5, 0.6) is 0 Å². The van der Waals surface area contributed by atoms with Gasteiger partial charge in [0.1, 0.15) is 11.2 Å². The maximum Gasteiger partial charge on any atom is 0.177 e. The molecule has 0 aliphatic heterocycles. The Balaban J connectivity index is 1.44. The van der Waals surface area contributed by atoms with Gasteiger partial charge in [0.25, 0.3) is 0 Å². The molecule has 168 valence electrons.